The van der Waals surface area contributed by atoms with Gasteiger partial charge in [0.2, 0.25) is 0 Å². The van der Waals surface area contributed by atoms with Crippen molar-refractivity contribution in [3.05, 3.63) is 60.2 Å². The molecule has 2 amide bonds. The number of para-hydroxylation sites is 1. The molecule has 1 heterocycles. The molecule has 0 spiro atoms. The molecule has 1 aliphatic heterocycles. The van der Waals surface area contributed by atoms with Crippen molar-refractivity contribution in [2.75, 3.05) is 43.5 Å². The Morgan fingerprint density at radius 2 is 1.68 bits per heavy atom. The van der Waals surface area contributed by atoms with Crippen LogP contribution >= 0.6 is 0 Å². The number of hydrogen-bond donors (Lipinski definition) is 3. The Bertz CT molecular complexity index is 730. The molecule has 1 fully saturated rings. The van der Waals surface area contributed by atoms with E-state index >= 15 is 0 Å². The third kappa shape index (κ3) is 5.97. The second-order valence-corrected chi connectivity index (χ2v) is 7.19. The topological polar surface area (TPSA) is 65.6 Å². The lowest BCUT2D eigenvalue weighted by molar-refractivity contribution is 0.0198. The molecule has 6 heteroatoms. The fraction of sp³-hybridized carbons (Fsp3) is 0.409. The summed E-state index contributed by atoms with van der Waals surface area (Å²) in [5.41, 5.74) is 3.08. The molecule has 2 atom stereocenters. The van der Waals surface area contributed by atoms with Gasteiger partial charge in [0.15, 0.2) is 0 Å². The van der Waals surface area contributed by atoms with Crippen LogP contribution in [0.2, 0.25) is 0 Å². The first-order chi connectivity index (χ1) is 13.6. The van der Waals surface area contributed by atoms with Gasteiger partial charge in [-0.05, 0) is 43.7 Å². The van der Waals surface area contributed by atoms with Gasteiger partial charge >= 0.3 is 6.03 Å². The van der Waals surface area contributed by atoms with E-state index in [1.54, 1.807) is 0 Å². The van der Waals surface area contributed by atoms with Crippen LogP contribution in [0.5, 0.6) is 0 Å². The first-order valence-corrected chi connectivity index (χ1v) is 9.90. The summed E-state index contributed by atoms with van der Waals surface area (Å²) < 4.78 is 5.42. The summed E-state index contributed by atoms with van der Waals surface area (Å²) in [6, 6.07) is 18.2. The third-order valence-electron chi connectivity index (χ3n) is 5.01. The molecule has 0 unspecified atom stereocenters. The molecular weight excluding hydrogens is 352 g/mol. The number of nitrogens with zero attached hydrogens (tertiary/aromatic N) is 1. The average molecular weight is 383 g/mol. The predicted molar refractivity (Wildman–Crippen MR) is 114 cm³/mol. The molecule has 3 N–H and O–H groups in total. The Morgan fingerprint density at radius 1 is 1.00 bits per heavy atom. The quantitative estimate of drug-likeness (QED) is 0.683. The minimum absolute atomic E-state index is 0.000761. The molecule has 1 saturated heterocycles. The average Bonchev–Trinajstić information content (AvgIpc) is 2.73. The molecule has 6 nitrogen and oxygen atoms in total. The summed E-state index contributed by atoms with van der Waals surface area (Å²) in [6.45, 7) is 8.35. The Labute approximate surface area is 167 Å². The van der Waals surface area contributed by atoms with Crippen LogP contribution in [0.15, 0.2) is 54.6 Å². The van der Waals surface area contributed by atoms with Crippen molar-refractivity contribution in [1.29, 1.82) is 0 Å². The maximum Gasteiger partial charge on any atom is 0.319 e. The highest BCUT2D eigenvalue weighted by Gasteiger charge is 2.18. The SMILES string of the molecule is C[C@H](CNc1ccccc1)NC(=O)Nc1ccc([C@@H](C)N2CCOCC2)cc1. The van der Waals surface area contributed by atoms with Gasteiger partial charge in [-0.2, -0.15) is 0 Å². The fourth-order valence-electron chi connectivity index (χ4n) is 3.29. The monoisotopic (exact) mass is 382 g/mol. The smallest absolute Gasteiger partial charge is 0.319 e. The van der Waals surface area contributed by atoms with Crippen LogP contribution in [0.4, 0.5) is 16.2 Å². The van der Waals surface area contributed by atoms with Crippen molar-refractivity contribution in [1.82, 2.24) is 10.2 Å². The van der Waals surface area contributed by atoms with Crippen LogP contribution in [0, 0.1) is 0 Å². The summed E-state index contributed by atoms with van der Waals surface area (Å²) in [6.07, 6.45) is 0. The second-order valence-electron chi connectivity index (χ2n) is 7.19. The van der Waals surface area contributed by atoms with Crippen molar-refractivity contribution in [2.45, 2.75) is 25.9 Å². The van der Waals surface area contributed by atoms with E-state index in [4.69, 9.17) is 4.74 Å². The zero-order valence-corrected chi connectivity index (χ0v) is 16.7. The zero-order valence-electron chi connectivity index (χ0n) is 16.7. The van der Waals surface area contributed by atoms with E-state index in [9.17, 15) is 4.79 Å². The molecule has 0 aromatic heterocycles. The van der Waals surface area contributed by atoms with E-state index in [1.807, 2.05) is 49.4 Å². The summed E-state index contributed by atoms with van der Waals surface area (Å²) in [5, 5.41) is 9.17. The van der Waals surface area contributed by atoms with Crippen LogP contribution in [0.25, 0.3) is 0 Å². The molecule has 1 aliphatic rings. The number of hydrogen-bond acceptors (Lipinski definition) is 4. The highest BCUT2D eigenvalue weighted by Crippen LogP contribution is 2.22. The molecule has 0 saturated carbocycles. The number of anilines is 2. The molecule has 0 radical (unpaired) electrons. The van der Waals surface area contributed by atoms with Crippen molar-refractivity contribution in [2.24, 2.45) is 0 Å². The van der Waals surface area contributed by atoms with Gasteiger partial charge in [-0.25, -0.2) is 4.79 Å². The fourth-order valence-corrected chi connectivity index (χ4v) is 3.29. The molecule has 0 aliphatic carbocycles. The van der Waals surface area contributed by atoms with Gasteiger partial charge in [-0.15, -0.1) is 0 Å². The van der Waals surface area contributed by atoms with Crippen molar-refractivity contribution in [3.63, 3.8) is 0 Å². The predicted octanol–water partition coefficient (Wildman–Crippen LogP) is 3.70. The summed E-state index contributed by atoms with van der Waals surface area (Å²) in [7, 11) is 0. The number of benzene rings is 2. The van der Waals surface area contributed by atoms with Gasteiger partial charge in [0, 0.05) is 43.1 Å². The molecule has 0 bridgehead atoms. The minimum atomic E-state index is -0.198. The minimum Gasteiger partial charge on any atom is -0.383 e. The molecular formula is C22H30N4O2. The summed E-state index contributed by atoms with van der Waals surface area (Å²) in [5.74, 6) is 0. The van der Waals surface area contributed by atoms with Gasteiger partial charge in [0.25, 0.3) is 0 Å². The van der Waals surface area contributed by atoms with Gasteiger partial charge in [0.05, 0.1) is 13.2 Å². The number of rotatable bonds is 7. The van der Waals surface area contributed by atoms with E-state index in [-0.39, 0.29) is 12.1 Å². The van der Waals surface area contributed by atoms with Crippen molar-refractivity contribution < 1.29 is 9.53 Å². The number of carbonyl (C=O) groups is 1. The van der Waals surface area contributed by atoms with Crippen LogP contribution in [-0.2, 0) is 4.74 Å². The number of morpholine rings is 1. The number of nitrogens with one attached hydrogen (secondary N) is 3. The molecule has 3 rings (SSSR count). The van der Waals surface area contributed by atoms with Crippen molar-refractivity contribution >= 4 is 17.4 Å². The summed E-state index contributed by atoms with van der Waals surface area (Å²) in [4.78, 5) is 14.6. The first-order valence-electron chi connectivity index (χ1n) is 9.90. The lowest BCUT2D eigenvalue weighted by Crippen LogP contribution is -2.40. The lowest BCUT2D eigenvalue weighted by atomic mass is 10.1. The molecule has 2 aromatic carbocycles. The van der Waals surface area contributed by atoms with E-state index in [0.717, 1.165) is 37.7 Å². The van der Waals surface area contributed by atoms with E-state index in [2.05, 4.69) is 39.9 Å². The van der Waals surface area contributed by atoms with Gasteiger partial charge in [0.1, 0.15) is 0 Å². The summed E-state index contributed by atoms with van der Waals surface area (Å²) >= 11 is 0. The Balaban J connectivity index is 1.44. The van der Waals surface area contributed by atoms with E-state index < -0.39 is 0 Å². The van der Waals surface area contributed by atoms with Crippen LogP contribution in [0.3, 0.4) is 0 Å². The van der Waals surface area contributed by atoms with E-state index in [1.165, 1.54) is 5.56 Å². The largest absolute Gasteiger partial charge is 0.383 e. The Kier molecular flexibility index (Phi) is 7.28. The standard InChI is InChI=1S/C22H30N4O2/c1-17(16-23-20-6-4-3-5-7-20)24-22(27)25-21-10-8-19(9-11-21)18(2)26-12-14-28-15-13-26/h3-11,17-18,23H,12-16H2,1-2H3,(H2,24,25,27)/t17-,18-/m1/s1. The van der Waals surface area contributed by atoms with Gasteiger partial charge < -0.3 is 20.7 Å². The molecule has 2 aromatic rings. The maximum atomic E-state index is 12.2. The Morgan fingerprint density at radius 3 is 2.36 bits per heavy atom. The van der Waals surface area contributed by atoms with Crippen LogP contribution < -0.4 is 16.0 Å². The van der Waals surface area contributed by atoms with Crippen LogP contribution in [0.1, 0.15) is 25.5 Å². The number of urea groups is 1. The number of carbonyl (C=O) groups excluding carboxylic acids is 1. The van der Waals surface area contributed by atoms with Gasteiger partial charge in [-0.1, -0.05) is 30.3 Å². The highest BCUT2D eigenvalue weighted by atomic mass is 16.5. The highest BCUT2D eigenvalue weighted by molar-refractivity contribution is 5.89. The normalized spacial score (nSPS) is 16.8. The maximum absolute atomic E-state index is 12.2. The Hall–Kier alpha value is -2.57. The number of ether oxygens (including phenoxy) is 1. The molecule has 150 valence electrons. The third-order valence-corrected chi connectivity index (χ3v) is 5.01. The van der Waals surface area contributed by atoms with Crippen LogP contribution in [-0.4, -0.2) is 49.8 Å². The van der Waals surface area contributed by atoms with Gasteiger partial charge in [-0.3, -0.25) is 4.90 Å². The first kappa shape index (κ1) is 20.2. The zero-order chi connectivity index (χ0) is 19.8. The van der Waals surface area contributed by atoms with Crippen molar-refractivity contribution in [3.8, 4) is 0 Å². The lowest BCUT2D eigenvalue weighted by Gasteiger charge is -2.32. The molecule has 28 heavy (non-hydrogen) atoms. The van der Waals surface area contributed by atoms with E-state index in [0.29, 0.717) is 12.6 Å². The number of amides is 2. The second kappa shape index (κ2) is 10.1.